The van der Waals surface area contributed by atoms with Gasteiger partial charge in [0, 0.05) is 18.2 Å². The van der Waals surface area contributed by atoms with Crippen LogP contribution in [0.5, 0.6) is 0 Å². The van der Waals surface area contributed by atoms with Crippen molar-refractivity contribution in [3.05, 3.63) is 35.4 Å². The van der Waals surface area contributed by atoms with Gasteiger partial charge in [0.2, 0.25) is 0 Å². The second kappa shape index (κ2) is 10.7. The molecule has 4 N–H and O–H groups in total. The van der Waals surface area contributed by atoms with Gasteiger partial charge >= 0.3 is 0 Å². The number of carbonyl (C=O) groups is 1. The summed E-state index contributed by atoms with van der Waals surface area (Å²) in [5.74, 6) is 1.16. The van der Waals surface area contributed by atoms with Crippen LogP contribution in [0.25, 0.3) is 0 Å². The van der Waals surface area contributed by atoms with E-state index in [4.69, 9.17) is 5.73 Å². The topological polar surface area (TPSA) is 79.5 Å². The second-order valence-corrected chi connectivity index (χ2v) is 6.63. The first-order chi connectivity index (χ1) is 11.4. The number of nitrogens with two attached hydrogens (primary N) is 1. The molecular formula is C19H32N4O. The molecule has 1 aromatic carbocycles. The Morgan fingerprint density at radius 1 is 1.17 bits per heavy atom. The Morgan fingerprint density at radius 3 is 2.42 bits per heavy atom. The predicted octanol–water partition coefficient (Wildman–Crippen LogP) is 3.06. The summed E-state index contributed by atoms with van der Waals surface area (Å²) in [6.45, 7) is 9.65. The smallest absolute Gasteiger partial charge is 0.251 e. The molecular weight excluding hydrogens is 300 g/mol. The molecule has 1 amide bonds. The van der Waals surface area contributed by atoms with Crippen LogP contribution < -0.4 is 16.4 Å². The van der Waals surface area contributed by atoms with Crippen molar-refractivity contribution in [2.75, 3.05) is 6.54 Å². The molecule has 0 heterocycles. The molecule has 0 fully saturated rings. The number of nitrogens with one attached hydrogen (secondary N) is 2. The van der Waals surface area contributed by atoms with Gasteiger partial charge in [-0.1, -0.05) is 38.8 Å². The standard InChI is InChI=1S/C19H32N4O/c1-5-21-18(24)17-11-9-16(10-12-17)13-22-19(20)23-15(4)8-6-7-14(2)3/h9-12,14-15H,5-8,13H2,1-4H3,(H,21,24)(H3,20,22,23). The molecule has 1 rings (SSSR count). The molecule has 1 unspecified atom stereocenters. The zero-order valence-electron chi connectivity index (χ0n) is 15.4. The molecule has 1 atom stereocenters. The third-order valence-corrected chi connectivity index (χ3v) is 3.80. The average molecular weight is 332 g/mol. The summed E-state index contributed by atoms with van der Waals surface area (Å²) in [5, 5.41) is 6.01. The van der Waals surface area contributed by atoms with Crippen LogP contribution in [0.2, 0.25) is 0 Å². The van der Waals surface area contributed by atoms with E-state index in [2.05, 4.69) is 36.4 Å². The minimum absolute atomic E-state index is 0.0519. The van der Waals surface area contributed by atoms with E-state index >= 15 is 0 Å². The number of nitrogens with zero attached hydrogens (tertiary/aromatic N) is 1. The number of aliphatic imine (C=N–C) groups is 1. The lowest BCUT2D eigenvalue weighted by Gasteiger charge is -2.15. The van der Waals surface area contributed by atoms with Gasteiger partial charge in [-0.05, 0) is 43.9 Å². The van der Waals surface area contributed by atoms with E-state index in [0.29, 0.717) is 30.7 Å². The second-order valence-electron chi connectivity index (χ2n) is 6.63. The first kappa shape index (κ1) is 20.0. The SMILES string of the molecule is CCNC(=O)c1ccc(CN=C(N)NC(C)CCCC(C)C)cc1. The Labute approximate surface area is 146 Å². The van der Waals surface area contributed by atoms with Crippen molar-refractivity contribution < 1.29 is 4.79 Å². The molecule has 0 radical (unpaired) electrons. The van der Waals surface area contributed by atoms with Crippen LogP contribution >= 0.6 is 0 Å². The van der Waals surface area contributed by atoms with Gasteiger partial charge in [0.1, 0.15) is 0 Å². The van der Waals surface area contributed by atoms with E-state index in [1.807, 2.05) is 31.2 Å². The maximum Gasteiger partial charge on any atom is 0.251 e. The maximum atomic E-state index is 11.7. The molecule has 0 aliphatic carbocycles. The molecule has 5 heteroatoms. The highest BCUT2D eigenvalue weighted by molar-refractivity contribution is 5.94. The van der Waals surface area contributed by atoms with Gasteiger partial charge in [-0.2, -0.15) is 0 Å². The molecule has 0 aliphatic heterocycles. The molecule has 0 spiro atoms. The highest BCUT2D eigenvalue weighted by Crippen LogP contribution is 2.08. The van der Waals surface area contributed by atoms with E-state index in [1.54, 1.807) is 0 Å². The fourth-order valence-corrected chi connectivity index (χ4v) is 2.40. The van der Waals surface area contributed by atoms with Crippen molar-refractivity contribution in [3.63, 3.8) is 0 Å². The van der Waals surface area contributed by atoms with E-state index in [1.165, 1.54) is 12.8 Å². The van der Waals surface area contributed by atoms with E-state index in [9.17, 15) is 4.79 Å². The lowest BCUT2D eigenvalue weighted by molar-refractivity contribution is 0.0956. The lowest BCUT2D eigenvalue weighted by atomic mass is 10.0. The normalized spacial score (nSPS) is 13.0. The monoisotopic (exact) mass is 332 g/mol. The van der Waals surface area contributed by atoms with Crippen LogP contribution in [0, 0.1) is 5.92 Å². The summed E-state index contributed by atoms with van der Waals surface area (Å²) < 4.78 is 0. The zero-order valence-corrected chi connectivity index (χ0v) is 15.4. The highest BCUT2D eigenvalue weighted by Gasteiger charge is 2.05. The first-order valence-electron chi connectivity index (χ1n) is 8.86. The molecule has 24 heavy (non-hydrogen) atoms. The first-order valence-corrected chi connectivity index (χ1v) is 8.86. The number of hydrogen-bond acceptors (Lipinski definition) is 2. The predicted molar refractivity (Wildman–Crippen MR) is 101 cm³/mol. The van der Waals surface area contributed by atoms with E-state index in [0.717, 1.165) is 17.9 Å². The van der Waals surface area contributed by atoms with Crippen LogP contribution in [0.3, 0.4) is 0 Å². The Balaban J connectivity index is 2.42. The van der Waals surface area contributed by atoms with Crippen LogP contribution in [0.4, 0.5) is 0 Å². The van der Waals surface area contributed by atoms with Gasteiger partial charge in [-0.15, -0.1) is 0 Å². The summed E-state index contributed by atoms with van der Waals surface area (Å²) >= 11 is 0. The van der Waals surface area contributed by atoms with Crippen molar-refractivity contribution in [1.29, 1.82) is 0 Å². The summed E-state index contributed by atoms with van der Waals surface area (Å²) in [4.78, 5) is 16.1. The van der Waals surface area contributed by atoms with E-state index in [-0.39, 0.29) is 5.91 Å². The van der Waals surface area contributed by atoms with Gasteiger partial charge in [0.05, 0.1) is 6.54 Å². The van der Waals surface area contributed by atoms with Gasteiger partial charge in [-0.25, -0.2) is 4.99 Å². The zero-order chi connectivity index (χ0) is 17.9. The Kier molecular flexibility index (Phi) is 8.90. The number of carbonyl (C=O) groups excluding carboxylic acids is 1. The Hall–Kier alpha value is -2.04. The molecule has 0 aliphatic rings. The average Bonchev–Trinajstić information content (AvgIpc) is 2.53. The highest BCUT2D eigenvalue weighted by atomic mass is 16.1. The van der Waals surface area contributed by atoms with Crippen LogP contribution in [0.1, 0.15) is 62.9 Å². The van der Waals surface area contributed by atoms with Gasteiger partial charge in [0.15, 0.2) is 5.96 Å². The minimum atomic E-state index is -0.0519. The van der Waals surface area contributed by atoms with E-state index < -0.39 is 0 Å². The number of guanidine groups is 1. The molecule has 0 aromatic heterocycles. The molecule has 134 valence electrons. The van der Waals surface area contributed by atoms with Crippen molar-refractivity contribution in [2.24, 2.45) is 16.6 Å². The van der Waals surface area contributed by atoms with Gasteiger partial charge < -0.3 is 16.4 Å². The fraction of sp³-hybridized carbons (Fsp3) is 0.579. The summed E-state index contributed by atoms with van der Waals surface area (Å²) in [6, 6.07) is 7.77. The number of amides is 1. The van der Waals surface area contributed by atoms with Crippen molar-refractivity contribution in [3.8, 4) is 0 Å². The number of rotatable bonds is 9. The fourth-order valence-electron chi connectivity index (χ4n) is 2.40. The minimum Gasteiger partial charge on any atom is -0.370 e. The quantitative estimate of drug-likeness (QED) is 0.480. The van der Waals surface area contributed by atoms with Crippen molar-refractivity contribution in [1.82, 2.24) is 10.6 Å². The Morgan fingerprint density at radius 2 is 1.83 bits per heavy atom. The van der Waals surface area contributed by atoms with Crippen molar-refractivity contribution >= 4 is 11.9 Å². The van der Waals surface area contributed by atoms with Crippen LogP contribution in [-0.2, 0) is 6.54 Å². The van der Waals surface area contributed by atoms with Crippen LogP contribution in [-0.4, -0.2) is 24.5 Å². The van der Waals surface area contributed by atoms with Crippen molar-refractivity contribution in [2.45, 2.75) is 59.5 Å². The molecule has 0 saturated carbocycles. The van der Waals surface area contributed by atoms with Gasteiger partial charge in [-0.3, -0.25) is 4.79 Å². The summed E-state index contributed by atoms with van der Waals surface area (Å²) in [7, 11) is 0. The Bertz CT molecular complexity index is 523. The molecule has 5 nitrogen and oxygen atoms in total. The van der Waals surface area contributed by atoms with Crippen LogP contribution in [0.15, 0.2) is 29.3 Å². The number of hydrogen-bond donors (Lipinski definition) is 3. The third kappa shape index (κ3) is 7.99. The molecule has 1 aromatic rings. The third-order valence-electron chi connectivity index (χ3n) is 3.80. The van der Waals surface area contributed by atoms with Gasteiger partial charge in [0.25, 0.3) is 5.91 Å². The largest absolute Gasteiger partial charge is 0.370 e. The number of benzene rings is 1. The summed E-state index contributed by atoms with van der Waals surface area (Å²) in [5.41, 5.74) is 7.64. The maximum absolute atomic E-state index is 11.7. The summed E-state index contributed by atoms with van der Waals surface area (Å²) in [6.07, 6.45) is 3.52. The molecule has 0 saturated heterocycles. The molecule has 0 bridgehead atoms. The lowest BCUT2D eigenvalue weighted by Crippen LogP contribution is -2.38.